The molecule has 0 unspecified atom stereocenters. The molecule has 8 heteroatoms. The number of nitrogens with one attached hydrogen (secondary N) is 1. The van der Waals surface area contributed by atoms with E-state index < -0.39 is 0 Å². The van der Waals surface area contributed by atoms with Gasteiger partial charge in [0.25, 0.3) is 0 Å². The molecule has 3 aromatic rings. The smallest absolute Gasteiger partial charge is 0.224 e. The van der Waals surface area contributed by atoms with Gasteiger partial charge in [0.05, 0.1) is 18.9 Å². The van der Waals surface area contributed by atoms with Gasteiger partial charge >= 0.3 is 0 Å². The fourth-order valence-electron chi connectivity index (χ4n) is 4.19. The van der Waals surface area contributed by atoms with E-state index in [2.05, 4.69) is 26.3 Å². The summed E-state index contributed by atoms with van der Waals surface area (Å²) in [5.41, 5.74) is 6.09. The first-order valence-electron chi connectivity index (χ1n) is 11.0. The highest BCUT2D eigenvalue weighted by molar-refractivity contribution is 5.91. The molecular weight excluding hydrogens is 404 g/mol. The molecule has 0 radical (unpaired) electrons. The van der Waals surface area contributed by atoms with Crippen molar-refractivity contribution in [2.75, 3.05) is 36.5 Å². The maximum Gasteiger partial charge on any atom is 0.224 e. The quantitative estimate of drug-likeness (QED) is 0.641. The lowest BCUT2D eigenvalue weighted by atomic mass is 10.1. The molecule has 0 atom stereocenters. The monoisotopic (exact) mass is 434 g/mol. The first-order valence-corrected chi connectivity index (χ1v) is 11.0. The predicted molar refractivity (Wildman–Crippen MR) is 125 cm³/mol. The molecule has 0 bridgehead atoms. The van der Waals surface area contributed by atoms with Crippen LogP contribution in [0.2, 0.25) is 0 Å². The van der Waals surface area contributed by atoms with Crippen LogP contribution in [0.25, 0.3) is 5.82 Å². The van der Waals surface area contributed by atoms with Crippen molar-refractivity contribution < 1.29 is 9.53 Å². The van der Waals surface area contributed by atoms with E-state index in [0.29, 0.717) is 26.1 Å². The summed E-state index contributed by atoms with van der Waals surface area (Å²) in [6.45, 7) is 11.1. The van der Waals surface area contributed by atoms with Gasteiger partial charge in [0.15, 0.2) is 5.82 Å². The minimum absolute atomic E-state index is 0.00168. The van der Waals surface area contributed by atoms with Crippen molar-refractivity contribution >= 4 is 17.4 Å². The van der Waals surface area contributed by atoms with E-state index in [9.17, 15) is 4.79 Å². The number of carbonyl (C=O) groups excluding carboxylic acids is 1. The molecule has 4 rings (SSSR count). The van der Waals surface area contributed by atoms with Crippen molar-refractivity contribution in [3.63, 3.8) is 0 Å². The van der Waals surface area contributed by atoms with E-state index in [1.165, 1.54) is 0 Å². The number of morpholine rings is 1. The first-order chi connectivity index (χ1) is 15.4. The average Bonchev–Trinajstić information content (AvgIpc) is 3.05. The van der Waals surface area contributed by atoms with Gasteiger partial charge in [0, 0.05) is 37.0 Å². The summed E-state index contributed by atoms with van der Waals surface area (Å²) in [5.74, 6) is 1.60. The molecule has 1 N–H and O–H groups in total. The number of aromatic nitrogens is 4. The Morgan fingerprint density at radius 3 is 2.41 bits per heavy atom. The van der Waals surface area contributed by atoms with Gasteiger partial charge in [0.2, 0.25) is 5.91 Å². The number of amides is 1. The Balaban J connectivity index is 1.46. The van der Waals surface area contributed by atoms with Gasteiger partial charge in [0.1, 0.15) is 12.1 Å². The van der Waals surface area contributed by atoms with E-state index >= 15 is 0 Å². The number of hydrogen-bond donors (Lipinski definition) is 1. The van der Waals surface area contributed by atoms with Gasteiger partial charge in [-0.15, -0.1) is 0 Å². The molecule has 1 amide bonds. The number of rotatable bonds is 6. The summed E-state index contributed by atoms with van der Waals surface area (Å²) in [4.78, 5) is 23.6. The Kier molecular flexibility index (Phi) is 6.50. The molecule has 8 nitrogen and oxygen atoms in total. The summed E-state index contributed by atoms with van der Waals surface area (Å²) in [6, 6.07) is 8.02. The molecule has 168 valence electrons. The zero-order valence-electron chi connectivity index (χ0n) is 19.2. The fraction of sp³-hybridized carbons (Fsp3) is 0.417. The Morgan fingerprint density at radius 2 is 1.69 bits per heavy atom. The zero-order valence-corrected chi connectivity index (χ0v) is 19.2. The van der Waals surface area contributed by atoms with Crippen molar-refractivity contribution in [3.05, 3.63) is 58.7 Å². The van der Waals surface area contributed by atoms with Crippen LogP contribution >= 0.6 is 0 Å². The number of nitrogens with zero attached hydrogens (tertiary/aromatic N) is 5. The van der Waals surface area contributed by atoms with Gasteiger partial charge in [-0.1, -0.05) is 6.07 Å². The van der Waals surface area contributed by atoms with Crippen LogP contribution in [0.5, 0.6) is 0 Å². The number of ether oxygens (including phenoxy) is 1. The predicted octanol–water partition coefficient (Wildman–Crippen LogP) is 3.30. The molecule has 1 aliphatic rings. The highest BCUT2D eigenvalue weighted by Gasteiger charge is 2.18. The summed E-state index contributed by atoms with van der Waals surface area (Å²) in [6.07, 6.45) is 2.59. The van der Waals surface area contributed by atoms with Crippen LogP contribution in [-0.4, -0.2) is 52.0 Å². The van der Waals surface area contributed by atoms with Crippen molar-refractivity contribution in [2.24, 2.45) is 0 Å². The number of aryl methyl sites for hydroxylation is 3. The van der Waals surface area contributed by atoms with Crippen molar-refractivity contribution in [2.45, 2.75) is 40.5 Å². The second kappa shape index (κ2) is 9.48. The summed E-state index contributed by atoms with van der Waals surface area (Å²) in [5, 5.41) is 7.72. The Labute approximate surface area is 188 Å². The number of benzene rings is 1. The maximum absolute atomic E-state index is 12.6. The lowest BCUT2D eigenvalue weighted by Gasteiger charge is -2.27. The zero-order chi connectivity index (χ0) is 22.7. The summed E-state index contributed by atoms with van der Waals surface area (Å²) in [7, 11) is 0. The highest BCUT2D eigenvalue weighted by atomic mass is 16.5. The molecule has 0 spiro atoms. The number of carbonyl (C=O) groups is 1. The Bertz CT molecular complexity index is 1100. The van der Waals surface area contributed by atoms with E-state index in [0.717, 1.165) is 58.5 Å². The summed E-state index contributed by atoms with van der Waals surface area (Å²) < 4.78 is 7.28. The molecule has 0 aliphatic carbocycles. The standard InChI is InChI=1S/C24H30N6O2/c1-16-11-17(2)13-20(12-16)27-24(31)6-5-21-18(3)28-30(19(21)4)23-14-22(25-15-26-23)29-7-9-32-10-8-29/h11-15H,5-10H2,1-4H3,(H,27,31). The molecule has 0 saturated carbocycles. The van der Waals surface area contributed by atoms with Crippen molar-refractivity contribution in [3.8, 4) is 5.82 Å². The largest absolute Gasteiger partial charge is 0.378 e. The van der Waals surface area contributed by atoms with Crippen LogP contribution in [0.3, 0.4) is 0 Å². The average molecular weight is 435 g/mol. The van der Waals surface area contributed by atoms with Gasteiger partial charge in [-0.25, -0.2) is 14.6 Å². The SMILES string of the molecule is Cc1cc(C)cc(NC(=O)CCc2c(C)nn(-c3cc(N4CCOCC4)ncn3)c2C)c1. The second-order valence-electron chi connectivity index (χ2n) is 8.32. The minimum atomic E-state index is -0.00168. The number of hydrogen-bond acceptors (Lipinski definition) is 6. The molecule has 2 aromatic heterocycles. The van der Waals surface area contributed by atoms with E-state index in [4.69, 9.17) is 9.84 Å². The lowest BCUT2D eigenvalue weighted by Crippen LogP contribution is -2.36. The third-order valence-electron chi connectivity index (χ3n) is 5.74. The minimum Gasteiger partial charge on any atom is -0.378 e. The molecular formula is C24H30N6O2. The molecule has 1 saturated heterocycles. The normalized spacial score (nSPS) is 13.9. The molecule has 1 aromatic carbocycles. The molecule has 1 fully saturated rings. The van der Waals surface area contributed by atoms with Crippen molar-refractivity contribution in [1.29, 1.82) is 0 Å². The molecule has 3 heterocycles. The number of anilines is 2. The van der Waals surface area contributed by atoms with Gasteiger partial charge in [-0.2, -0.15) is 5.10 Å². The van der Waals surface area contributed by atoms with Gasteiger partial charge in [-0.3, -0.25) is 4.79 Å². The first kappa shape index (κ1) is 22.0. The van der Waals surface area contributed by atoms with Crippen LogP contribution in [0.4, 0.5) is 11.5 Å². The molecule has 32 heavy (non-hydrogen) atoms. The molecule has 1 aliphatic heterocycles. The van der Waals surface area contributed by atoms with Crippen LogP contribution < -0.4 is 10.2 Å². The van der Waals surface area contributed by atoms with E-state index in [1.807, 2.05) is 50.6 Å². The third-order valence-corrected chi connectivity index (χ3v) is 5.74. The Morgan fingerprint density at radius 1 is 1.00 bits per heavy atom. The van der Waals surface area contributed by atoms with Crippen LogP contribution in [-0.2, 0) is 16.0 Å². The lowest BCUT2D eigenvalue weighted by molar-refractivity contribution is -0.116. The summed E-state index contributed by atoms with van der Waals surface area (Å²) >= 11 is 0. The second-order valence-corrected chi connectivity index (χ2v) is 8.32. The van der Waals surface area contributed by atoms with Crippen LogP contribution in [0, 0.1) is 27.7 Å². The van der Waals surface area contributed by atoms with Crippen molar-refractivity contribution in [1.82, 2.24) is 19.7 Å². The maximum atomic E-state index is 12.6. The van der Waals surface area contributed by atoms with Gasteiger partial charge in [-0.05, 0) is 62.9 Å². The fourth-order valence-corrected chi connectivity index (χ4v) is 4.19. The van der Waals surface area contributed by atoms with Crippen LogP contribution in [0.1, 0.15) is 34.5 Å². The van der Waals surface area contributed by atoms with E-state index in [1.54, 1.807) is 6.33 Å². The Hall–Kier alpha value is -3.26. The third kappa shape index (κ3) is 4.96. The highest BCUT2D eigenvalue weighted by Crippen LogP contribution is 2.21. The van der Waals surface area contributed by atoms with E-state index in [-0.39, 0.29) is 5.91 Å². The van der Waals surface area contributed by atoms with Gasteiger partial charge < -0.3 is 15.0 Å². The topological polar surface area (TPSA) is 85.2 Å². The van der Waals surface area contributed by atoms with Crippen LogP contribution in [0.15, 0.2) is 30.6 Å².